The van der Waals surface area contributed by atoms with Crippen molar-refractivity contribution in [1.29, 1.82) is 0 Å². The van der Waals surface area contributed by atoms with Crippen molar-refractivity contribution in [2.45, 2.75) is 0 Å². The van der Waals surface area contributed by atoms with Gasteiger partial charge in [0.1, 0.15) is 0 Å². The molecule has 0 fully saturated rings. The van der Waals surface area contributed by atoms with Crippen LogP contribution in [-0.4, -0.2) is 16.5 Å². The van der Waals surface area contributed by atoms with Crippen LogP contribution in [0.3, 0.4) is 0 Å². The summed E-state index contributed by atoms with van der Waals surface area (Å²) in [6, 6.07) is 15.0. The Bertz CT molecular complexity index is 861. The lowest BCUT2D eigenvalue weighted by molar-refractivity contribution is -0.383. The molecule has 0 amide bonds. The Morgan fingerprint density at radius 2 is 1.91 bits per heavy atom. The van der Waals surface area contributed by atoms with E-state index >= 15 is 0 Å². The van der Waals surface area contributed by atoms with Gasteiger partial charge in [-0.3, -0.25) is 15.1 Å². The van der Waals surface area contributed by atoms with Gasteiger partial charge in [-0.25, -0.2) is 0 Å². The van der Waals surface area contributed by atoms with Crippen LogP contribution in [0.1, 0.15) is 5.56 Å². The first-order valence-corrected chi connectivity index (χ1v) is 7.22. The van der Waals surface area contributed by atoms with Crippen LogP contribution in [0.25, 0.3) is 16.8 Å². The van der Waals surface area contributed by atoms with E-state index in [9.17, 15) is 10.1 Å². The highest BCUT2D eigenvalue weighted by molar-refractivity contribution is 5.99. The van der Waals surface area contributed by atoms with Crippen LogP contribution in [0, 0.1) is 10.1 Å². The molecule has 114 valence electrons. The minimum absolute atomic E-state index is 0.0680. The van der Waals surface area contributed by atoms with Crippen molar-refractivity contribution in [1.82, 2.24) is 4.98 Å². The second-order valence-electron chi connectivity index (χ2n) is 5.00. The monoisotopic (exact) mass is 305 g/mol. The Morgan fingerprint density at radius 1 is 1.09 bits per heavy atom. The van der Waals surface area contributed by atoms with Crippen molar-refractivity contribution >= 4 is 28.2 Å². The Balaban J connectivity index is 1.80. The molecule has 3 aromatic rings. The summed E-state index contributed by atoms with van der Waals surface area (Å²) in [7, 11) is 0. The van der Waals surface area contributed by atoms with Crippen LogP contribution >= 0.6 is 0 Å². The fraction of sp³-hybridized carbons (Fsp3) is 0.0556. The minimum Gasteiger partial charge on any atom is -0.381 e. The van der Waals surface area contributed by atoms with Gasteiger partial charge in [0.25, 0.3) is 5.69 Å². The lowest BCUT2D eigenvalue weighted by Gasteiger charge is -2.08. The zero-order chi connectivity index (χ0) is 16.1. The average Bonchev–Trinajstić information content (AvgIpc) is 2.59. The van der Waals surface area contributed by atoms with E-state index in [0.717, 1.165) is 16.6 Å². The molecule has 0 atom stereocenters. The molecule has 1 aromatic heterocycles. The van der Waals surface area contributed by atoms with E-state index in [4.69, 9.17) is 0 Å². The molecule has 0 aliphatic rings. The van der Waals surface area contributed by atoms with Crippen LogP contribution in [0.4, 0.5) is 11.4 Å². The molecule has 0 saturated carbocycles. The van der Waals surface area contributed by atoms with Gasteiger partial charge in [0.15, 0.2) is 0 Å². The number of nitro groups is 1. The second kappa shape index (κ2) is 6.70. The number of hydrogen-bond acceptors (Lipinski definition) is 4. The summed E-state index contributed by atoms with van der Waals surface area (Å²) in [4.78, 5) is 14.7. The largest absolute Gasteiger partial charge is 0.381 e. The summed E-state index contributed by atoms with van der Waals surface area (Å²) in [5.74, 6) is 0. The molecule has 3 rings (SSSR count). The molecule has 5 heteroatoms. The Labute approximate surface area is 133 Å². The predicted molar refractivity (Wildman–Crippen MR) is 92.4 cm³/mol. The van der Waals surface area contributed by atoms with Gasteiger partial charge in [-0.1, -0.05) is 42.5 Å². The number of hydrogen-bond donors (Lipinski definition) is 1. The van der Waals surface area contributed by atoms with E-state index in [1.165, 1.54) is 12.3 Å². The standard InChI is InChI=1S/C18H15N3O2/c22-21(23)18-9-8-17(15-10-12-19-13-16(15)18)20-11-4-7-14-5-2-1-3-6-14/h1-10,12-13,20H,11H2/b7-4+. The van der Waals surface area contributed by atoms with Crippen LogP contribution in [0.5, 0.6) is 0 Å². The first kappa shape index (κ1) is 14.7. The maximum absolute atomic E-state index is 11.1. The van der Waals surface area contributed by atoms with Crippen molar-refractivity contribution in [3.8, 4) is 0 Å². The smallest absolute Gasteiger partial charge is 0.278 e. The fourth-order valence-electron chi connectivity index (χ4n) is 2.42. The molecule has 0 bridgehead atoms. The lowest BCUT2D eigenvalue weighted by Crippen LogP contribution is -2.00. The van der Waals surface area contributed by atoms with E-state index in [0.29, 0.717) is 11.9 Å². The third-order valence-electron chi connectivity index (χ3n) is 3.51. The second-order valence-corrected chi connectivity index (χ2v) is 5.00. The number of aromatic nitrogens is 1. The molecule has 23 heavy (non-hydrogen) atoms. The molecule has 0 radical (unpaired) electrons. The minimum atomic E-state index is -0.386. The van der Waals surface area contributed by atoms with Crippen LogP contribution in [0.15, 0.2) is 67.0 Å². The van der Waals surface area contributed by atoms with E-state index in [1.54, 1.807) is 18.3 Å². The van der Waals surface area contributed by atoms with Crippen molar-refractivity contribution < 1.29 is 4.92 Å². The summed E-state index contributed by atoms with van der Waals surface area (Å²) >= 11 is 0. The highest BCUT2D eigenvalue weighted by Crippen LogP contribution is 2.30. The molecule has 0 saturated heterocycles. The van der Waals surface area contributed by atoms with Crippen LogP contribution < -0.4 is 5.32 Å². The first-order valence-electron chi connectivity index (χ1n) is 7.22. The van der Waals surface area contributed by atoms with Gasteiger partial charge in [0, 0.05) is 36.1 Å². The van der Waals surface area contributed by atoms with Crippen molar-refractivity contribution in [3.05, 3.63) is 82.7 Å². The summed E-state index contributed by atoms with van der Waals surface area (Å²) < 4.78 is 0. The number of nitro benzene ring substituents is 1. The summed E-state index contributed by atoms with van der Waals surface area (Å²) in [5.41, 5.74) is 2.05. The zero-order valence-corrected chi connectivity index (χ0v) is 12.3. The molecular formula is C18H15N3O2. The predicted octanol–water partition coefficient (Wildman–Crippen LogP) is 4.27. The number of fused-ring (bicyclic) bond motifs is 1. The number of non-ortho nitro benzene ring substituents is 1. The maximum atomic E-state index is 11.1. The van der Waals surface area contributed by atoms with Gasteiger partial charge in [-0.15, -0.1) is 0 Å². The number of nitrogens with one attached hydrogen (secondary N) is 1. The van der Waals surface area contributed by atoms with Crippen molar-refractivity contribution in [2.75, 3.05) is 11.9 Å². The molecular weight excluding hydrogens is 290 g/mol. The number of benzene rings is 2. The molecule has 0 spiro atoms. The highest BCUT2D eigenvalue weighted by atomic mass is 16.6. The quantitative estimate of drug-likeness (QED) is 0.564. The molecule has 0 aliphatic heterocycles. The van der Waals surface area contributed by atoms with E-state index < -0.39 is 0 Å². The lowest BCUT2D eigenvalue weighted by atomic mass is 10.1. The Morgan fingerprint density at radius 3 is 2.70 bits per heavy atom. The average molecular weight is 305 g/mol. The third-order valence-corrected chi connectivity index (χ3v) is 3.51. The van der Waals surface area contributed by atoms with Gasteiger partial charge in [-0.2, -0.15) is 0 Å². The first-order chi connectivity index (χ1) is 11.3. The van der Waals surface area contributed by atoms with E-state index in [2.05, 4.69) is 10.3 Å². The summed E-state index contributed by atoms with van der Waals surface area (Å²) in [6.07, 6.45) is 7.21. The normalized spacial score (nSPS) is 11.0. The van der Waals surface area contributed by atoms with Crippen molar-refractivity contribution in [2.24, 2.45) is 0 Å². The Kier molecular flexibility index (Phi) is 4.29. The van der Waals surface area contributed by atoms with Gasteiger partial charge in [-0.05, 0) is 17.7 Å². The van der Waals surface area contributed by atoms with Crippen molar-refractivity contribution in [3.63, 3.8) is 0 Å². The van der Waals surface area contributed by atoms with Gasteiger partial charge < -0.3 is 5.32 Å². The highest BCUT2D eigenvalue weighted by Gasteiger charge is 2.13. The van der Waals surface area contributed by atoms with Gasteiger partial charge in [0.2, 0.25) is 0 Å². The molecule has 1 heterocycles. The number of anilines is 1. The molecule has 5 nitrogen and oxygen atoms in total. The van der Waals surface area contributed by atoms with Gasteiger partial charge in [0.05, 0.1) is 10.3 Å². The summed E-state index contributed by atoms with van der Waals surface area (Å²) in [5, 5.41) is 15.7. The molecule has 2 aromatic carbocycles. The zero-order valence-electron chi connectivity index (χ0n) is 12.3. The Hall–Kier alpha value is -3.21. The fourth-order valence-corrected chi connectivity index (χ4v) is 2.42. The SMILES string of the molecule is O=[N+]([O-])c1ccc(NC/C=C/c2ccccc2)c2ccncc12. The third kappa shape index (κ3) is 3.35. The van der Waals surface area contributed by atoms with E-state index in [-0.39, 0.29) is 10.6 Å². The van der Waals surface area contributed by atoms with Crippen LogP contribution in [0.2, 0.25) is 0 Å². The molecule has 1 N–H and O–H groups in total. The number of pyridine rings is 1. The number of rotatable bonds is 5. The van der Waals surface area contributed by atoms with E-state index in [1.807, 2.05) is 42.5 Å². The molecule has 0 aliphatic carbocycles. The maximum Gasteiger partial charge on any atom is 0.278 e. The van der Waals surface area contributed by atoms with Crippen LogP contribution in [-0.2, 0) is 0 Å². The van der Waals surface area contributed by atoms with Gasteiger partial charge >= 0.3 is 0 Å². The number of nitrogens with zero attached hydrogens (tertiary/aromatic N) is 2. The topological polar surface area (TPSA) is 68.1 Å². The summed E-state index contributed by atoms with van der Waals surface area (Å²) in [6.45, 7) is 0.629. The molecule has 0 unspecified atom stereocenters.